The van der Waals surface area contributed by atoms with Crippen molar-refractivity contribution in [3.8, 4) is 6.07 Å². The van der Waals surface area contributed by atoms with Crippen LogP contribution in [0.15, 0.2) is 6.07 Å². The molecular weight excluding hydrogens is 369 g/mol. The molecule has 0 aliphatic rings. The maximum atomic E-state index is 12.4. The molecule has 0 bridgehead atoms. The number of pyridine rings is 1. The zero-order chi connectivity index (χ0) is 10.7. The second kappa shape index (κ2) is 4.98. The van der Waals surface area contributed by atoms with Crippen LogP contribution in [-0.4, -0.2) is 4.98 Å². The van der Waals surface area contributed by atoms with Gasteiger partial charge < -0.3 is 0 Å². The molecule has 0 aromatic carbocycles. The van der Waals surface area contributed by atoms with Gasteiger partial charge in [-0.25, -0.2) is 13.8 Å². The van der Waals surface area contributed by atoms with Gasteiger partial charge in [-0.1, -0.05) is 15.9 Å². The Labute approximate surface area is 102 Å². The summed E-state index contributed by atoms with van der Waals surface area (Å²) < 4.78 is 25.2. The van der Waals surface area contributed by atoms with E-state index in [2.05, 4.69) is 20.9 Å². The largest absolute Gasteiger partial charge is 0.281 e. The molecule has 0 spiro atoms. The summed E-state index contributed by atoms with van der Waals surface area (Å²) in [6.07, 6.45) is -2.64. The van der Waals surface area contributed by atoms with Gasteiger partial charge in [-0.15, -0.1) is 0 Å². The summed E-state index contributed by atoms with van der Waals surface area (Å²) >= 11 is 4.95. The first-order chi connectivity index (χ1) is 6.60. The maximum Gasteiger partial charge on any atom is 0.281 e. The molecule has 0 saturated heterocycles. The van der Waals surface area contributed by atoms with E-state index in [9.17, 15) is 8.78 Å². The lowest BCUT2D eigenvalue weighted by atomic mass is 10.2. The van der Waals surface area contributed by atoms with Crippen molar-refractivity contribution in [1.82, 2.24) is 4.98 Å². The van der Waals surface area contributed by atoms with Crippen LogP contribution in [0.1, 0.15) is 23.4 Å². The number of hydrogen-bond donors (Lipinski definition) is 0. The molecule has 0 N–H and O–H groups in total. The van der Waals surface area contributed by atoms with Gasteiger partial charge in [-0.05, 0) is 28.7 Å². The van der Waals surface area contributed by atoms with Gasteiger partial charge in [0, 0.05) is 14.5 Å². The van der Waals surface area contributed by atoms with E-state index in [4.69, 9.17) is 5.26 Å². The number of nitriles is 1. The number of aromatic nitrogens is 1. The van der Waals surface area contributed by atoms with Crippen molar-refractivity contribution in [2.45, 2.75) is 11.8 Å². The van der Waals surface area contributed by atoms with E-state index in [1.54, 1.807) is 34.7 Å². The molecule has 0 saturated carbocycles. The number of alkyl halides is 3. The third-order valence-electron chi connectivity index (χ3n) is 1.54. The van der Waals surface area contributed by atoms with E-state index in [1.165, 1.54) is 0 Å². The first kappa shape index (κ1) is 11.8. The second-order valence-corrected chi connectivity index (χ2v) is 4.13. The molecule has 74 valence electrons. The zero-order valence-corrected chi connectivity index (χ0v) is 10.5. The minimum atomic E-state index is -2.64. The summed E-state index contributed by atoms with van der Waals surface area (Å²) in [5, 5.41) is 9.10. The van der Waals surface area contributed by atoms with E-state index < -0.39 is 6.43 Å². The van der Waals surface area contributed by atoms with Crippen LogP contribution >= 0.6 is 38.5 Å². The predicted molar refractivity (Wildman–Crippen MR) is 59.3 cm³/mol. The van der Waals surface area contributed by atoms with Crippen LogP contribution in [0.3, 0.4) is 0 Å². The lowest BCUT2D eigenvalue weighted by Crippen LogP contribution is -2.00. The Balaban J connectivity index is 3.32. The minimum absolute atomic E-state index is 0.0533. The van der Waals surface area contributed by atoms with Crippen molar-refractivity contribution in [2.75, 3.05) is 0 Å². The fourth-order valence-corrected chi connectivity index (χ4v) is 2.05. The molecule has 0 aliphatic carbocycles. The summed E-state index contributed by atoms with van der Waals surface area (Å²) in [4.78, 5) is 3.61. The maximum absolute atomic E-state index is 12.4. The van der Waals surface area contributed by atoms with Crippen molar-refractivity contribution in [2.24, 2.45) is 0 Å². The smallest absolute Gasteiger partial charge is 0.235 e. The van der Waals surface area contributed by atoms with Crippen LogP contribution in [0.4, 0.5) is 8.78 Å². The van der Waals surface area contributed by atoms with Crippen LogP contribution in [0.5, 0.6) is 0 Å². The van der Waals surface area contributed by atoms with E-state index in [1.807, 2.05) is 0 Å². The SMILES string of the molecule is N#Cc1nc(C(F)F)c(I)cc1CBr. The van der Waals surface area contributed by atoms with Crippen LogP contribution < -0.4 is 0 Å². The van der Waals surface area contributed by atoms with Crippen LogP contribution in [0.2, 0.25) is 0 Å². The lowest BCUT2D eigenvalue weighted by molar-refractivity contribution is 0.145. The van der Waals surface area contributed by atoms with Crippen molar-refractivity contribution < 1.29 is 8.78 Å². The predicted octanol–water partition coefficient (Wildman–Crippen LogP) is 3.39. The highest BCUT2D eigenvalue weighted by molar-refractivity contribution is 14.1. The Kier molecular flexibility index (Phi) is 4.19. The Morgan fingerprint density at radius 3 is 2.71 bits per heavy atom. The number of halogens is 4. The molecular formula is C8H4BrF2IN2. The number of hydrogen-bond acceptors (Lipinski definition) is 2. The molecule has 0 fully saturated rings. The van der Waals surface area contributed by atoms with Gasteiger partial charge in [0.15, 0.2) is 0 Å². The van der Waals surface area contributed by atoms with Gasteiger partial charge in [0.1, 0.15) is 17.5 Å². The third kappa shape index (κ3) is 2.39. The standard InChI is InChI=1S/C8H4BrF2IN2/c9-2-4-1-5(12)7(8(10)11)14-6(4)3-13/h1,8H,2H2. The van der Waals surface area contributed by atoms with Gasteiger partial charge in [-0.2, -0.15) is 5.26 Å². The Hall–Kier alpha value is -0.290. The summed E-state index contributed by atoms with van der Waals surface area (Å²) in [6, 6.07) is 3.34. The minimum Gasteiger partial charge on any atom is -0.235 e. The monoisotopic (exact) mass is 372 g/mol. The van der Waals surface area contributed by atoms with E-state index in [0.717, 1.165) is 0 Å². The lowest BCUT2D eigenvalue weighted by Gasteiger charge is -2.05. The topological polar surface area (TPSA) is 36.7 Å². The van der Waals surface area contributed by atoms with Gasteiger partial charge in [0.25, 0.3) is 6.43 Å². The van der Waals surface area contributed by atoms with Crippen molar-refractivity contribution in [3.05, 3.63) is 26.6 Å². The van der Waals surface area contributed by atoms with Crippen LogP contribution in [-0.2, 0) is 5.33 Å². The van der Waals surface area contributed by atoms with Gasteiger partial charge >= 0.3 is 0 Å². The first-order valence-corrected chi connectivity index (χ1v) is 5.73. The van der Waals surface area contributed by atoms with E-state index in [0.29, 0.717) is 14.5 Å². The molecule has 6 heteroatoms. The molecule has 1 rings (SSSR count). The van der Waals surface area contributed by atoms with Gasteiger partial charge in [0.2, 0.25) is 0 Å². The highest BCUT2D eigenvalue weighted by Crippen LogP contribution is 2.25. The number of nitrogens with zero attached hydrogens (tertiary/aromatic N) is 2. The Morgan fingerprint density at radius 2 is 2.29 bits per heavy atom. The fraction of sp³-hybridized carbons (Fsp3) is 0.250. The molecule has 0 amide bonds. The highest BCUT2D eigenvalue weighted by atomic mass is 127. The molecule has 0 radical (unpaired) electrons. The second-order valence-electron chi connectivity index (χ2n) is 2.41. The number of rotatable bonds is 2. The molecule has 0 atom stereocenters. The molecule has 0 aliphatic heterocycles. The normalized spacial score (nSPS) is 10.3. The molecule has 0 unspecified atom stereocenters. The molecule has 1 aromatic rings. The third-order valence-corrected chi connectivity index (χ3v) is 3.01. The average Bonchev–Trinajstić information content (AvgIpc) is 2.16. The summed E-state index contributed by atoms with van der Waals surface area (Å²) in [5.41, 5.74) is 0.353. The molecule has 14 heavy (non-hydrogen) atoms. The highest BCUT2D eigenvalue weighted by Gasteiger charge is 2.16. The van der Waals surface area contributed by atoms with Crippen LogP contribution in [0.25, 0.3) is 0 Å². The van der Waals surface area contributed by atoms with Gasteiger partial charge in [-0.3, -0.25) is 0 Å². The zero-order valence-electron chi connectivity index (χ0n) is 6.77. The van der Waals surface area contributed by atoms with E-state index in [-0.39, 0.29) is 11.4 Å². The fourth-order valence-electron chi connectivity index (χ4n) is 0.893. The van der Waals surface area contributed by atoms with Gasteiger partial charge in [0.05, 0.1) is 0 Å². The molecule has 2 nitrogen and oxygen atoms in total. The van der Waals surface area contributed by atoms with Crippen LogP contribution in [0, 0.1) is 14.9 Å². The average molecular weight is 373 g/mol. The quantitative estimate of drug-likeness (QED) is 0.589. The summed E-state index contributed by atoms with van der Waals surface area (Å²) in [7, 11) is 0. The summed E-state index contributed by atoms with van der Waals surface area (Å²) in [5.74, 6) is 0. The van der Waals surface area contributed by atoms with Crippen molar-refractivity contribution in [3.63, 3.8) is 0 Å². The Morgan fingerprint density at radius 1 is 1.64 bits per heavy atom. The Bertz CT molecular complexity index is 390. The first-order valence-electron chi connectivity index (χ1n) is 3.53. The molecule has 1 aromatic heterocycles. The molecule has 1 heterocycles. The van der Waals surface area contributed by atoms with Crippen molar-refractivity contribution in [1.29, 1.82) is 5.26 Å². The van der Waals surface area contributed by atoms with Crippen molar-refractivity contribution >= 4 is 38.5 Å². The summed E-state index contributed by atoms with van der Waals surface area (Å²) in [6.45, 7) is 0. The van der Waals surface area contributed by atoms with E-state index >= 15 is 0 Å².